The Labute approximate surface area is 93.3 Å². The Hall–Kier alpha value is -0.900. The highest BCUT2D eigenvalue weighted by molar-refractivity contribution is 6.18. The molecule has 3 nitrogen and oxygen atoms in total. The third-order valence-electron chi connectivity index (χ3n) is 2.12. The molecular formula is C11H13ClO3. The Morgan fingerprint density at radius 3 is 2.60 bits per heavy atom. The van der Waals surface area contributed by atoms with Gasteiger partial charge in [0.2, 0.25) is 0 Å². The Balaban J connectivity index is 3.02. The van der Waals surface area contributed by atoms with E-state index in [9.17, 15) is 15.0 Å². The Morgan fingerprint density at radius 1 is 1.40 bits per heavy atom. The fourth-order valence-electron chi connectivity index (χ4n) is 1.39. The molecule has 0 radical (unpaired) electrons. The van der Waals surface area contributed by atoms with Gasteiger partial charge in [-0.15, -0.1) is 11.6 Å². The van der Waals surface area contributed by atoms with Crippen molar-refractivity contribution in [2.24, 2.45) is 0 Å². The number of aryl methyl sites for hydroxylation is 1. The summed E-state index contributed by atoms with van der Waals surface area (Å²) in [5.74, 6) is -0.0501. The molecular weight excluding hydrogens is 216 g/mol. The first-order valence-electron chi connectivity index (χ1n) is 4.57. The summed E-state index contributed by atoms with van der Waals surface area (Å²) >= 11 is 5.43. The fourth-order valence-corrected chi connectivity index (χ4v) is 1.56. The van der Waals surface area contributed by atoms with Gasteiger partial charge in [0.1, 0.15) is 12.4 Å². The van der Waals surface area contributed by atoms with E-state index in [-0.39, 0.29) is 5.88 Å². The van der Waals surface area contributed by atoms with Crippen molar-refractivity contribution in [2.75, 3.05) is 5.88 Å². The molecule has 15 heavy (non-hydrogen) atoms. The molecule has 0 saturated carbocycles. The van der Waals surface area contributed by atoms with E-state index in [2.05, 4.69) is 0 Å². The van der Waals surface area contributed by atoms with Gasteiger partial charge < -0.3 is 10.2 Å². The molecule has 0 spiro atoms. The summed E-state index contributed by atoms with van der Waals surface area (Å²) in [5, 5.41) is 19.0. The first kappa shape index (κ1) is 12.2. The Morgan fingerprint density at radius 2 is 2.07 bits per heavy atom. The van der Waals surface area contributed by atoms with Crippen LogP contribution in [0.5, 0.6) is 0 Å². The molecule has 2 unspecified atom stereocenters. The van der Waals surface area contributed by atoms with Crippen LogP contribution in [0.3, 0.4) is 0 Å². The van der Waals surface area contributed by atoms with Gasteiger partial charge in [-0.2, -0.15) is 0 Å². The highest BCUT2D eigenvalue weighted by Gasteiger charge is 2.17. The second kappa shape index (κ2) is 5.26. The van der Waals surface area contributed by atoms with E-state index in [0.717, 1.165) is 5.56 Å². The lowest BCUT2D eigenvalue weighted by Gasteiger charge is -2.16. The SMILES string of the molecule is Cc1cc(C=O)cc(C(O)C(O)CCl)c1. The lowest BCUT2D eigenvalue weighted by molar-refractivity contribution is 0.0326. The number of aldehydes is 1. The van der Waals surface area contributed by atoms with Crippen molar-refractivity contribution in [3.8, 4) is 0 Å². The van der Waals surface area contributed by atoms with E-state index in [1.807, 2.05) is 6.92 Å². The maximum Gasteiger partial charge on any atom is 0.150 e. The molecule has 2 atom stereocenters. The van der Waals surface area contributed by atoms with Crippen LogP contribution in [0.4, 0.5) is 0 Å². The molecule has 1 rings (SSSR count). The van der Waals surface area contributed by atoms with Gasteiger partial charge in [-0.25, -0.2) is 0 Å². The molecule has 0 fully saturated rings. The number of carbonyl (C=O) groups excluding carboxylic acids is 1. The lowest BCUT2D eigenvalue weighted by atomic mass is 10.0. The normalized spacial score (nSPS) is 14.7. The van der Waals surface area contributed by atoms with E-state index >= 15 is 0 Å². The maximum absolute atomic E-state index is 10.6. The van der Waals surface area contributed by atoms with Gasteiger partial charge in [0.05, 0.1) is 12.0 Å². The number of hydrogen-bond donors (Lipinski definition) is 2. The monoisotopic (exact) mass is 228 g/mol. The molecule has 0 aliphatic carbocycles. The summed E-state index contributed by atoms with van der Waals surface area (Å²) in [6.07, 6.45) is -1.37. The Kier molecular flexibility index (Phi) is 4.27. The minimum Gasteiger partial charge on any atom is -0.389 e. The first-order chi connectivity index (χ1) is 7.08. The van der Waals surface area contributed by atoms with Crippen LogP contribution in [0, 0.1) is 6.92 Å². The Bertz CT molecular complexity index is 352. The summed E-state index contributed by atoms with van der Waals surface area (Å²) in [4.78, 5) is 10.6. The molecule has 0 aromatic heterocycles. The van der Waals surface area contributed by atoms with E-state index < -0.39 is 12.2 Å². The zero-order chi connectivity index (χ0) is 11.4. The average Bonchev–Trinajstić information content (AvgIpc) is 2.26. The molecule has 0 saturated heterocycles. The summed E-state index contributed by atoms with van der Waals surface area (Å²) in [6.45, 7) is 1.82. The smallest absolute Gasteiger partial charge is 0.150 e. The van der Waals surface area contributed by atoms with Crippen molar-refractivity contribution in [1.82, 2.24) is 0 Å². The van der Waals surface area contributed by atoms with Crippen molar-refractivity contribution in [1.29, 1.82) is 0 Å². The van der Waals surface area contributed by atoms with E-state index in [1.54, 1.807) is 18.2 Å². The molecule has 0 aliphatic rings. The van der Waals surface area contributed by atoms with Crippen LogP contribution in [0.2, 0.25) is 0 Å². The topological polar surface area (TPSA) is 57.5 Å². The molecule has 0 bridgehead atoms. The van der Waals surface area contributed by atoms with Crippen LogP contribution in [-0.4, -0.2) is 28.5 Å². The number of aliphatic hydroxyl groups excluding tert-OH is 2. The second-order valence-corrected chi connectivity index (χ2v) is 3.77. The highest BCUT2D eigenvalue weighted by atomic mass is 35.5. The number of rotatable bonds is 4. The fraction of sp³-hybridized carbons (Fsp3) is 0.364. The standard InChI is InChI=1S/C11H13ClO3/c1-7-2-8(6-13)4-9(3-7)11(15)10(14)5-12/h2-4,6,10-11,14-15H,5H2,1H3. The number of alkyl halides is 1. The average molecular weight is 229 g/mol. The van der Waals surface area contributed by atoms with Gasteiger partial charge in [0, 0.05) is 5.56 Å². The quantitative estimate of drug-likeness (QED) is 0.606. The van der Waals surface area contributed by atoms with Gasteiger partial charge in [-0.3, -0.25) is 4.79 Å². The predicted molar refractivity (Wildman–Crippen MR) is 58.3 cm³/mol. The van der Waals surface area contributed by atoms with Gasteiger partial charge in [0.15, 0.2) is 0 Å². The molecule has 0 amide bonds. The van der Waals surface area contributed by atoms with Crippen molar-refractivity contribution >= 4 is 17.9 Å². The molecule has 82 valence electrons. The largest absolute Gasteiger partial charge is 0.389 e. The summed E-state index contributed by atoms with van der Waals surface area (Å²) in [7, 11) is 0. The molecule has 2 N–H and O–H groups in total. The number of halogens is 1. The maximum atomic E-state index is 10.6. The van der Waals surface area contributed by atoms with Crippen molar-refractivity contribution < 1.29 is 15.0 Å². The molecule has 1 aromatic rings. The summed E-state index contributed by atoms with van der Waals surface area (Å²) in [5.41, 5.74) is 1.84. The number of carbonyl (C=O) groups is 1. The van der Waals surface area contributed by atoms with Gasteiger partial charge in [-0.1, -0.05) is 11.6 Å². The van der Waals surface area contributed by atoms with Crippen LogP contribution in [0.25, 0.3) is 0 Å². The molecule has 0 aliphatic heterocycles. The third kappa shape index (κ3) is 3.02. The highest BCUT2D eigenvalue weighted by Crippen LogP contribution is 2.20. The number of hydrogen-bond acceptors (Lipinski definition) is 3. The second-order valence-electron chi connectivity index (χ2n) is 3.46. The van der Waals surface area contributed by atoms with Gasteiger partial charge >= 0.3 is 0 Å². The van der Waals surface area contributed by atoms with E-state index in [4.69, 9.17) is 11.6 Å². The predicted octanol–water partition coefficient (Wildman–Crippen LogP) is 1.44. The van der Waals surface area contributed by atoms with Crippen LogP contribution >= 0.6 is 11.6 Å². The molecule has 1 aromatic carbocycles. The van der Waals surface area contributed by atoms with E-state index in [1.165, 1.54) is 0 Å². The number of aliphatic hydroxyl groups is 2. The van der Waals surface area contributed by atoms with Crippen LogP contribution in [0.15, 0.2) is 18.2 Å². The van der Waals surface area contributed by atoms with Gasteiger partial charge in [-0.05, 0) is 24.6 Å². The van der Waals surface area contributed by atoms with Crippen LogP contribution < -0.4 is 0 Å². The molecule has 4 heteroatoms. The van der Waals surface area contributed by atoms with E-state index in [0.29, 0.717) is 17.4 Å². The lowest BCUT2D eigenvalue weighted by Crippen LogP contribution is -2.19. The third-order valence-corrected chi connectivity index (χ3v) is 2.44. The minimum atomic E-state index is -1.05. The first-order valence-corrected chi connectivity index (χ1v) is 5.10. The summed E-state index contributed by atoms with van der Waals surface area (Å²) in [6, 6.07) is 4.96. The van der Waals surface area contributed by atoms with Crippen molar-refractivity contribution in [3.63, 3.8) is 0 Å². The van der Waals surface area contributed by atoms with Crippen molar-refractivity contribution in [3.05, 3.63) is 34.9 Å². The number of benzene rings is 1. The summed E-state index contributed by atoms with van der Waals surface area (Å²) < 4.78 is 0. The van der Waals surface area contributed by atoms with Crippen molar-refractivity contribution in [2.45, 2.75) is 19.1 Å². The van der Waals surface area contributed by atoms with Crippen LogP contribution in [-0.2, 0) is 0 Å². The zero-order valence-electron chi connectivity index (χ0n) is 8.35. The molecule has 0 heterocycles. The zero-order valence-corrected chi connectivity index (χ0v) is 9.11. The van der Waals surface area contributed by atoms with Crippen LogP contribution in [0.1, 0.15) is 27.6 Å². The van der Waals surface area contributed by atoms with Gasteiger partial charge in [0.25, 0.3) is 0 Å². The minimum absolute atomic E-state index is 0.0501.